The van der Waals surface area contributed by atoms with Crippen molar-refractivity contribution in [3.8, 4) is 0 Å². The summed E-state index contributed by atoms with van der Waals surface area (Å²) in [5.41, 5.74) is 3.06. The lowest BCUT2D eigenvalue weighted by atomic mass is 10.1. The quantitative estimate of drug-likeness (QED) is 0.738. The van der Waals surface area contributed by atoms with Crippen LogP contribution in [0.3, 0.4) is 0 Å². The van der Waals surface area contributed by atoms with Crippen LogP contribution in [0.2, 0.25) is 0 Å². The largest absolute Gasteiger partial charge is 0.352 e. The second-order valence-corrected chi connectivity index (χ2v) is 6.46. The van der Waals surface area contributed by atoms with Crippen LogP contribution in [0.5, 0.6) is 0 Å². The minimum atomic E-state index is -0.172. The molecule has 0 aliphatic heterocycles. The molecule has 3 amide bonds. The molecule has 2 N–H and O–H groups in total. The molecule has 0 aliphatic rings. The standard InChI is InChI=1S/C22H27N3O3/c1-4-25(5-2)22(28)20-12-8-18(9-13-20)15-24-21(27)19-10-6-17(7-11-19)14-23-16(3)26/h6-13H,4-5,14-15H2,1-3H3,(H,23,26)(H,24,27). The number of hydrogen-bond donors (Lipinski definition) is 2. The number of nitrogens with one attached hydrogen (secondary N) is 2. The van der Waals surface area contributed by atoms with E-state index < -0.39 is 0 Å². The fraction of sp³-hybridized carbons (Fsp3) is 0.318. The van der Waals surface area contributed by atoms with E-state index in [1.54, 1.807) is 29.2 Å². The Labute approximate surface area is 165 Å². The van der Waals surface area contributed by atoms with Crippen molar-refractivity contribution in [2.24, 2.45) is 0 Å². The Balaban J connectivity index is 1.90. The Hall–Kier alpha value is -3.15. The predicted molar refractivity (Wildman–Crippen MR) is 109 cm³/mol. The summed E-state index contributed by atoms with van der Waals surface area (Å²) >= 11 is 0. The van der Waals surface area contributed by atoms with Crippen LogP contribution in [0.4, 0.5) is 0 Å². The van der Waals surface area contributed by atoms with E-state index in [0.717, 1.165) is 11.1 Å². The van der Waals surface area contributed by atoms with E-state index >= 15 is 0 Å². The molecule has 2 aromatic rings. The van der Waals surface area contributed by atoms with E-state index in [4.69, 9.17) is 0 Å². The molecule has 2 aromatic carbocycles. The second kappa shape index (κ2) is 10.3. The van der Waals surface area contributed by atoms with Gasteiger partial charge in [-0.3, -0.25) is 14.4 Å². The molecule has 0 saturated carbocycles. The van der Waals surface area contributed by atoms with E-state index in [0.29, 0.717) is 37.3 Å². The van der Waals surface area contributed by atoms with Crippen molar-refractivity contribution in [2.45, 2.75) is 33.9 Å². The van der Waals surface area contributed by atoms with E-state index in [1.807, 2.05) is 38.1 Å². The molecule has 0 fully saturated rings. The third-order valence-corrected chi connectivity index (χ3v) is 4.46. The number of hydrogen-bond acceptors (Lipinski definition) is 3. The molecule has 0 unspecified atom stereocenters. The van der Waals surface area contributed by atoms with Gasteiger partial charge < -0.3 is 15.5 Å². The second-order valence-electron chi connectivity index (χ2n) is 6.46. The van der Waals surface area contributed by atoms with E-state index in [9.17, 15) is 14.4 Å². The highest BCUT2D eigenvalue weighted by molar-refractivity contribution is 5.95. The van der Waals surface area contributed by atoms with Crippen LogP contribution in [0.1, 0.15) is 52.6 Å². The van der Waals surface area contributed by atoms with Crippen LogP contribution in [-0.4, -0.2) is 35.7 Å². The van der Waals surface area contributed by atoms with Crippen molar-refractivity contribution >= 4 is 17.7 Å². The van der Waals surface area contributed by atoms with Crippen molar-refractivity contribution in [3.05, 3.63) is 70.8 Å². The van der Waals surface area contributed by atoms with Crippen LogP contribution in [0.15, 0.2) is 48.5 Å². The Morgan fingerprint density at radius 2 is 1.21 bits per heavy atom. The highest BCUT2D eigenvalue weighted by Crippen LogP contribution is 2.09. The number of benzene rings is 2. The zero-order chi connectivity index (χ0) is 20.5. The average molecular weight is 381 g/mol. The molecule has 0 aromatic heterocycles. The van der Waals surface area contributed by atoms with Crippen molar-refractivity contribution in [2.75, 3.05) is 13.1 Å². The summed E-state index contributed by atoms with van der Waals surface area (Å²) in [6, 6.07) is 14.4. The van der Waals surface area contributed by atoms with Gasteiger partial charge in [0.2, 0.25) is 5.91 Å². The first-order valence-electron chi connectivity index (χ1n) is 9.44. The van der Waals surface area contributed by atoms with Crippen molar-refractivity contribution in [1.29, 1.82) is 0 Å². The van der Waals surface area contributed by atoms with Gasteiger partial charge in [0.25, 0.3) is 11.8 Å². The first-order chi connectivity index (χ1) is 13.4. The zero-order valence-corrected chi connectivity index (χ0v) is 16.6. The van der Waals surface area contributed by atoms with Gasteiger partial charge in [-0.15, -0.1) is 0 Å². The smallest absolute Gasteiger partial charge is 0.253 e. The zero-order valence-electron chi connectivity index (χ0n) is 16.6. The number of carbonyl (C=O) groups excluding carboxylic acids is 3. The molecular formula is C22H27N3O3. The lowest BCUT2D eigenvalue weighted by Gasteiger charge is -2.18. The van der Waals surface area contributed by atoms with Crippen molar-refractivity contribution in [3.63, 3.8) is 0 Å². The third-order valence-electron chi connectivity index (χ3n) is 4.46. The molecular weight excluding hydrogens is 354 g/mol. The van der Waals surface area contributed by atoms with E-state index in [2.05, 4.69) is 10.6 Å². The Morgan fingerprint density at radius 3 is 1.68 bits per heavy atom. The summed E-state index contributed by atoms with van der Waals surface area (Å²) in [6.07, 6.45) is 0. The van der Waals surface area contributed by atoms with Crippen LogP contribution in [-0.2, 0) is 17.9 Å². The summed E-state index contributed by atoms with van der Waals surface area (Å²) in [6.45, 7) is 7.55. The number of carbonyl (C=O) groups is 3. The Kier molecular flexibility index (Phi) is 7.75. The SMILES string of the molecule is CCN(CC)C(=O)c1ccc(CNC(=O)c2ccc(CNC(C)=O)cc2)cc1. The van der Waals surface area contributed by atoms with Crippen LogP contribution >= 0.6 is 0 Å². The molecule has 6 heteroatoms. The maximum absolute atomic E-state index is 12.3. The maximum Gasteiger partial charge on any atom is 0.253 e. The number of nitrogens with zero attached hydrogens (tertiary/aromatic N) is 1. The lowest BCUT2D eigenvalue weighted by molar-refractivity contribution is -0.119. The molecule has 6 nitrogen and oxygen atoms in total. The van der Waals surface area contributed by atoms with Gasteiger partial charge in [-0.05, 0) is 49.2 Å². The summed E-state index contributed by atoms with van der Waals surface area (Å²) in [4.78, 5) is 37.3. The molecule has 0 heterocycles. The van der Waals surface area contributed by atoms with E-state index in [-0.39, 0.29) is 17.7 Å². The molecule has 0 atom stereocenters. The first-order valence-corrected chi connectivity index (χ1v) is 9.44. The molecule has 0 saturated heterocycles. The monoisotopic (exact) mass is 381 g/mol. The third kappa shape index (κ3) is 5.94. The summed E-state index contributed by atoms with van der Waals surface area (Å²) in [5, 5.41) is 5.59. The highest BCUT2D eigenvalue weighted by Gasteiger charge is 2.12. The molecule has 0 spiro atoms. The highest BCUT2D eigenvalue weighted by atomic mass is 16.2. The molecule has 148 valence electrons. The first kappa shape index (κ1) is 21.2. The van der Waals surface area contributed by atoms with Gasteiger partial charge in [-0.1, -0.05) is 24.3 Å². The Bertz CT molecular complexity index is 810. The molecule has 2 rings (SSSR count). The topological polar surface area (TPSA) is 78.5 Å². The van der Waals surface area contributed by atoms with Crippen molar-refractivity contribution < 1.29 is 14.4 Å². The number of rotatable bonds is 8. The van der Waals surface area contributed by atoms with Gasteiger partial charge in [0.05, 0.1) is 0 Å². The van der Waals surface area contributed by atoms with Crippen LogP contribution in [0, 0.1) is 0 Å². The maximum atomic E-state index is 12.3. The van der Waals surface area contributed by atoms with Gasteiger partial charge in [0.15, 0.2) is 0 Å². The minimum Gasteiger partial charge on any atom is -0.352 e. The van der Waals surface area contributed by atoms with E-state index in [1.165, 1.54) is 6.92 Å². The Morgan fingerprint density at radius 1 is 0.750 bits per heavy atom. The molecule has 28 heavy (non-hydrogen) atoms. The normalized spacial score (nSPS) is 10.2. The van der Waals surface area contributed by atoms with Gasteiger partial charge in [-0.2, -0.15) is 0 Å². The number of amides is 3. The molecule has 0 aliphatic carbocycles. The summed E-state index contributed by atoms with van der Waals surface area (Å²) in [7, 11) is 0. The fourth-order valence-electron chi connectivity index (χ4n) is 2.74. The van der Waals surface area contributed by atoms with Gasteiger partial charge >= 0.3 is 0 Å². The van der Waals surface area contributed by atoms with Crippen LogP contribution < -0.4 is 10.6 Å². The van der Waals surface area contributed by atoms with Crippen molar-refractivity contribution in [1.82, 2.24) is 15.5 Å². The molecule has 0 bridgehead atoms. The average Bonchev–Trinajstić information content (AvgIpc) is 2.72. The summed E-state index contributed by atoms with van der Waals surface area (Å²) < 4.78 is 0. The molecule has 0 radical (unpaired) electrons. The lowest BCUT2D eigenvalue weighted by Crippen LogP contribution is -2.30. The van der Waals surface area contributed by atoms with Gasteiger partial charge in [0, 0.05) is 44.2 Å². The fourth-order valence-corrected chi connectivity index (χ4v) is 2.74. The van der Waals surface area contributed by atoms with Gasteiger partial charge in [-0.25, -0.2) is 0 Å². The minimum absolute atomic E-state index is 0.0138. The summed E-state index contributed by atoms with van der Waals surface area (Å²) in [5.74, 6) is -0.249. The van der Waals surface area contributed by atoms with Crippen LogP contribution in [0.25, 0.3) is 0 Å². The van der Waals surface area contributed by atoms with Gasteiger partial charge in [0.1, 0.15) is 0 Å². The predicted octanol–water partition coefficient (Wildman–Crippen LogP) is 2.73.